The van der Waals surface area contributed by atoms with E-state index in [-0.39, 0.29) is 5.92 Å². The first-order valence-electron chi connectivity index (χ1n) is 5.84. The summed E-state index contributed by atoms with van der Waals surface area (Å²) in [5.41, 5.74) is 0.762. The molecule has 1 aliphatic heterocycles. The van der Waals surface area contributed by atoms with Crippen molar-refractivity contribution in [2.24, 2.45) is 5.92 Å². The molecule has 1 fully saturated rings. The maximum absolute atomic E-state index is 10.3. The van der Waals surface area contributed by atoms with Crippen molar-refractivity contribution in [3.8, 4) is 0 Å². The number of piperidine rings is 1. The summed E-state index contributed by atoms with van der Waals surface area (Å²) < 4.78 is 1.78. The summed E-state index contributed by atoms with van der Waals surface area (Å²) in [5, 5.41) is 18.4. The van der Waals surface area contributed by atoms with Gasteiger partial charge in [-0.15, -0.1) is 0 Å². The Balaban J connectivity index is 2.18. The molecule has 4 nitrogen and oxygen atoms in total. The Labute approximate surface area is 101 Å². The van der Waals surface area contributed by atoms with Crippen LogP contribution in [0.3, 0.4) is 0 Å². The van der Waals surface area contributed by atoms with E-state index < -0.39 is 6.10 Å². The number of aliphatic hydroxyl groups is 1. The van der Waals surface area contributed by atoms with Gasteiger partial charge in [0.05, 0.1) is 16.9 Å². The van der Waals surface area contributed by atoms with Crippen molar-refractivity contribution in [1.29, 1.82) is 0 Å². The van der Waals surface area contributed by atoms with Crippen LogP contribution >= 0.6 is 11.6 Å². The maximum atomic E-state index is 10.3. The highest BCUT2D eigenvalue weighted by molar-refractivity contribution is 6.31. The number of nitrogens with zero attached hydrogens (tertiary/aromatic N) is 2. The van der Waals surface area contributed by atoms with Gasteiger partial charge in [0, 0.05) is 19.0 Å². The van der Waals surface area contributed by atoms with E-state index in [9.17, 15) is 5.11 Å². The topological polar surface area (TPSA) is 50.1 Å². The monoisotopic (exact) mass is 243 g/mol. The smallest absolute Gasteiger partial charge is 0.101 e. The molecule has 0 amide bonds. The molecule has 1 aliphatic rings. The first-order chi connectivity index (χ1) is 7.74. The lowest BCUT2D eigenvalue weighted by molar-refractivity contribution is 0.0840. The van der Waals surface area contributed by atoms with Gasteiger partial charge >= 0.3 is 0 Å². The van der Waals surface area contributed by atoms with E-state index in [1.54, 1.807) is 10.9 Å². The second-order valence-corrected chi connectivity index (χ2v) is 4.65. The van der Waals surface area contributed by atoms with Crippen LogP contribution in [0.4, 0.5) is 0 Å². The number of hydrogen-bond acceptors (Lipinski definition) is 3. The zero-order chi connectivity index (χ0) is 11.5. The minimum Gasteiger partial charge on any atom is -0.386 e. The fourth-order valence-corrected chi connectivity index (χ4v) is 2.54. The summed E-state index contributed by atoms with van der Waals surface area (Å²) >= 11 is 6.07. The van der Waals surface area contributed by atoms with E-state index in [1.165, 1.54) is 0 Å². The second kappa shape index (κ2) is 5.17. The number of nitrogens with one attached hydrogen (secondary N) is 1. The van der Waals surface area contributed by atoms with E-state index in [0.29, 0.717) is 5.02 Å². The van der Waals surface area contributed by atoms with Gasteiger partial charge < -0.3 is 10.4 Å². The second-order valence-electron chi connectivity index (χ2n) is 4.24. The molecular weight excluding hydrogens is 226 g/mol. The first kappa shape index (κ1) is 11.9. The van der Waals surface area contributed by atoms with Gasteiger partial charge in [-0.1, -0.05) is 11.6 Å². The molecule has 0 radical (unpaired) electrons. The van der Waals surface area contributed by atoms with Gasteiger partial charge in [0.2, 0.25) is 0 Å². The van der Waals surface area contributed by atoms with E-state index in [0.717, 1.165) is 38.2 Å². The van der Waals surface area contributed by atoms with Crippen LogP contribution in [-0.4, -0.2) is 28.0 Å². The third-order valence-corrected chi connectivity index (χ3v) is 3.49. The molecule has 90 valence electrons. The van der Waals surface area contributed by atoms with E-state index in [4.69, 9.17) is 11.6 Å². The van der Waals surface area contributed by atoms with Gasteiger partial charge in [-0.25, -0.2) is 0 Å². The number of aliphatic hydroxyl groups excluding tert-OH is 1. The Hall–Kier alpha value is -0.580. The minimum absolute atomic E-state index is 0.244. The molecule has 0 aromatic carbocycles. The quantitative estimate of drug-likeness (QED) is 0.848. The van der Waals surface area contributed by atoms with Crippen LogP contribution in [0.5, 0.6) is 0 Å². The van der Waals surface area contributed by atoms with Crippen molar-refractivity contribution in [2.75, 3.05) is 13.1 Å². The minimum atomic E-state index is -0.511. The van der Waals surface area contributed by atoms with E-state index in [2.05, 4.69) is 10.4 Å². The van der Waals surface area contributed by atoms with Gasteiger partial charge in [0.15, 0.2) is 0 Å². The Kier molecular flexibility index (Phi) is 3.84. The Morgan fingerprint density at radius 3 is 3.19 bits per heavy atom. The molecule has 2 unspecified atom stereocenters. The molecule has 0 saturated carbocycles. The maximum Gasteiger partial charge on any atom is 0.101 e. The largest absolute Gasteiger partial charge is 0.386 e. The summed E-state index contributed by atoms with van der Waals surface area (Å²) in [6.45, 7) is 4.63. The molecule has 2 N–H and O–H groups in total. The SMILES string of the molecule is CCn1ncc(Cl)c1C(O)C1CCCNC1. The summed E-state index contributed by atoms with van der Waals surface area (Å²) in [6, 6.07) is 0. The van der Waals surface area contributed by atoms with E-state index >= 15 is 0 Å². The number of hydrogen-bond donors (Lipinski definition) is 2. The molecule has 5 heteroatoms. The molecule has 0 spiro atoms. The van der Waals surface area contributed by atoms with Crippen molar-refractivity contribution in [3.05, 3.63) is 16.9 Å². The Bertz CT molecular complexity index is 347. The zero-order valence-corrected chi connectivity index (χ0v) is 10.2. The zero-order valence-electron chi connectivity index (χ0n) is 9.49. The van der Waals surface area contributed by atoms with Crippen molar-refractivity contribution >= 4 is 11.6 Å². The molecule has 1 aromatic heterocycles. The molecule has 1 aromatic rings. The molecule has 2 rings (SSSR count). The molecule has 16 heavy (non-hydrogen) atoms. The number of rotatable bonds is 3. The molecule has 1 saturated heterocycles. The molecule has 2 heterocycles. The number of halogens is 1. The molecule has 2 atom stereocenters. The van der Waals surface area contributed by atoms with Crippen molar-refractivity contribution in [1.82, 2.24) is 15.1 Å². The van der Waals surface area contributed by atoms with Crippen LogP contribution in [0.15, 0.2) is 6.20 Å². The van der Waals surface area contributed by atoms with Crippen LogP contribution < -0.4 is 5.32 Å². The lowest BCUT2D eigenvalue weighted by Gasteiger charge is -2.27. The summed E-state index contributed by atoms with van der Waals surface area (Å²) in [4.78, 5) is 0. The normalized spacial score (nSPS) is 23.3. The fourth-order valence-electron chi connectivity index (χ4n) is 2.29. The van der Waals surface area contributed by atoms with Crippen LogP contribution in [0.25, 0.3) is 0 Å². The van der Waals surface area contributed by atoms with Crippen molar-refractivity contribution in [2.45, 2.75) is 32.4 Å². The lowest BCUT2D eigenvalue weighted by Crippen LogP contribution is -2.34. The third kappa shape index (κ3) is 2.24. The summed E-state index contributed by atoms with van der Waals surface area (Å²) in [5.74, 6) is 0.244. The first-order valence-corrected chi connectivity index (χ1v) is 6.21. The van der Waals surface area contributed by atoms with Gasteiger partial charge in [-0.05, 0) is 26.3 Å². The average molecular weight is 244 g/mol. The molecule has 0 bridgehead atoms. The summed E-state index contributed by atoms with van der Waals surface area (Å²) in [7, 11) is 0. The third-order valence-electron chi connectivity index (χ3n) is 3.19. The molecule has 0 aliphatic carbocycles. The number of aromatic nitrogens is 2. The highest BCUT2D eigenvalue weighted by Crippen LogP contribution is 2.31. The van der Waals surface area contributed by atoms with Crippen molar-refractivity contribution in [3.63, 3.8) is 0 Å². The standard InChI is InChI=1S/C11H18ClN3O/c1-2-15-10(9(12)7-14-15)11(16)8-4-3-5-13-6-8/h7-8,11,13,16H,2-6H2,1H3. The molecular formula is C11H18ClN3O. The Morgan fingerprint density at radius 2 is 2.56 bits per heavy atom. The highest BCUT2D eigenvalue weighted by Gasteiger charge is 2.27. The van der Waals surface area contributed by atoms with Gasteiger partial charge in [-0.3, -0.25) is 4.68 Å². The van der Waals surface area contributed by atoms with Crippen LogP contribution in [0.1, 0.15) is 31.6 Å². The van der Waals surface area contributed by atoms with Crippen LogP contribution in [0, 0.1) is 5.92 Å². The van der Waals surface area contributed by atoms with Crippen LogP contribution in [-0.2, 0) is 6.54 Å². The van der Waals surface area contributed by atoms with Gasteiger partial charge in [0.25, 0.3) is 0 Å². The van der Waals surface area contributed by atoms with Gasteiger partial charge in [-0.2, -0.15) is 5.10 Å². The van der Waals surface area contributed by atoms with Crippen molar-refractivity contribution < 1.29 is 5.11 Å². The summed E-state index contributed by atoms with van der Waals surface area (Å²) in [6.07, 6.45) is 3.25. The number of aryl methyl sites for hydroxylation is 1. The highest BCUT2D eigenvalue weighted by atomic mass is 35.5. The van der Waals surface area contributed by atoms with Gasteiger partial charge in [0.1, 0.15) is 6.10 Å². The lowest BCUT2D eigenvalue weighted by atomic mass is 9.92. The Morgan fingerprint density at radius 1 is 1.75 bits per heavy atom. The predicted octanol–water partition coefficient (Wildman–Crippen LogP) is 1.59. The average Bonchev–Trinajstić information content (AvgIpc) is 2.70. The van der Waals surface area contributed by atoms with Crippen LogP contribution in [0.2, 0.25) is 5.02 Å². The van der Waals surface area contributed by atoms with E-state index in [1.807, 2.05) is 6.92 Å². The predicted molar refractivity (Wildman–Crippen MR) is 63.5 cm³/mol. The fraction of sp³-hybridized carbons (Fsp3) is 0.727.